The lowest BCUT2D eigenvalue weighted by molar-refractivity contribution is 0.0950. The molecule has 0 fully saturated rings. The minimum atomic E-state index is -0.709. The molecule has 1 amide bonds. The maximum absolute atomic E-state index is 13.5. The van der Waals surface area contributed by atoms with Crippen molar-refractivity contribution in [3.05, 3.63) is 58.2 Å². The van der Waals surface area contributed by atoms with Crippen LogP contribution in [-0.2, 0) is 6.54 Å². The van der Waals surface area contributed by atoms with Gasteiger partial charge in [0.1, 0.15) is 22.6 Å². The van der Waals surface area contributed by atoms with Crippen LogP contribution in [0.3, 0.4) is 0 Å². The van der Waals surface area contributed by atoms with Crippen LogP contribution in [0.2, 0.25) is 5.15 Å². The second-order valence-electron chi connectivity index (χ2n) is 4.23. The van der Waals surface area contributed by atoms with E-state index in [0.29, 0.717) is 11.4 Å². The topological polar surface area (TPSA) is 54.0 Å². The Morgan fingerprint density at radius 3 is 2.71 bits per heavy atom. The summed E-state index contributed by atoms with van der Waals surface area (Å²) in [4.78, 5) is 15.9. The molecule has 0 aliphatic carbocycles. The Labute approximate surface area is 125 Å². The highest BCUT2D eigenvalue weighted by Crippen LogP contribution is 2.15. The summed E-state index contributed by atoms with van der Waals surface area (Å²) >= 11 is 5.80. The average molecular weight is 312 g/mol. The molecule has 0 aliphatic rings. The van der Waals surface area contributed by atoms with E-state index in [1.54, 1.807) is 7.05 Å². The number of amides is 1. The highest BCUT2D eigenvalue weighted by molar-refractivity contribution is 6.29. The number of benzene rings is 1. The number of nitrogens with zero attached hydrogens (tertiary/aromatic N) is 1. The molecule has 2 N–H and O–H groups in total. The van der Waals surface area contributed by atoms with Gasteiger partial charge in [0.25, 0.3) is 5.91 Å². The first-order chi connectivity index (χ1) is 9.99. The highest BCUT2D eigenvalue weighted by atomic mass is 35.5. The van der Waals surface area contributed by atoms with E-state index in [-0.39, 0.29) is 17.3 Å². The van der Waals surface area contributed by atoms with Gasteiger partial charge < -0.3 is 10.6 Å². The predicted molar refractivity (Wildman–Crippen MR) is 76.3 cm³/mol. The van der Waals surface area contributed by atoms with Crippen molar-refractivity contribution in [2.75, 3.05) is 12.4 Å². The normalized spacial score (nSPS) is 10.3. The van der Waals surface area contributed by atoms with Crippen LogP contribution in [0.5, 0.6) is 0 Å². The first-order valence-electron chi connectivity index (χ1n) is 6.07. The second kappa shape index (κ2) is 6.49. The first-order valence-corrected chi connectivity index (χ1v) is 6.45. The number of carbonyl (C=O) groups is 1. The summed E-state index contributed by atoms with van der Waals surface area (Å²) in [6.45, 7) is -0.0558. The van der Waals surface area contributed by atoms with Crippen molar-refractivity contribution in [1.82, 2.24) is 10.3 Å². The fourth-order valence-electron chi connectivity index (χ4n) is 1.70. The standard InChI is InChI=1S/C14H12ClF2N3O/c1-18-13-5-9(4-12(15)20-13)14(21)19-7-8-2-3-10(16)6-11(8)17/h2-6H,7H2,1H3,(H,18,20)(H,19,21). The van der Waals surface area contributed by atoms with E-state index in [4.69, 9.17) is 11.6 Å². The average Bonchev–Trinajstić information content (AvgIpc) is 2.45. The Morgan fingerprint density at radius 1 is 1.29 bits per heavy atom. The van der Waals surface area contributed by atoms with Crippen LogP contribution in [-0.4, -0.2) is 17.9 Å². The quantitative estimate of drug-likeness (QED) is 0.854. The van der Waals surface area contributed by atoms with Crippen molar-refractivity contribution in [2.45, 2.75) is 6.54 Å². The van der Waals surface area contributed by atoms with Gasteiger partial charge in [0.05, 0.1) is 0 Å². The molecule has 0 saturated carbocycles. The second-order valence-corrected chi connectivity index (χ2v) is 4.62. The molecule has 4 nitrogen and oxygen atoms in total. The largest absolute Gasteiger partial charge is 0.373 e. The van der Waals surface area contributed by atoms with Gasteiger partial charge in [0.15, 0.2) is 0 Å². The SMILES string of the molecule is CNc1cc(C(=O)NCc2ccc(F)cc2F)cc(Cl)n1. The third kappa shape index (κ3) is 3.88. The Morgan fingerprint density at radius 2 is 2.05 bits per heavy atom. The van der Waals surface area contributed by atoms with Crippen molar-refractivity contribution in [2.24, 2.45) is 0 Å². The van der Waals surface area contributed by atoms with E-state index in [0.717, 1.165) is 12.1 Å². The summed E-state index contributed by atoms with van der Waals surface area (Å²) in [6.07, 6.45) is 0. The summed E-state index contributed by atoms with van der Waals surface area (Å²) in [5, 5.41) is 5.48. The van der Waals surface area contributed by atoms with Crippen molar-refractivity contribution < 1.29 is 13.6 Å². The molecule has 0 bridgehead atoms. The van der Waals surface area contributed by atoms with Crippen LogP contribution < -0.4 is 10.6 Å². The molecule has 2 rings (SSSR count). The summed E-state index contributed by atoms with van der Waals surface area (Å²) in [5.74, 6) is -1.36. The predicted octanol–water partition coefficient (Wildman–Crippen LogP) is 2.98. The van der Waals surface area contributed by atoms with Crippen LogP contribution >= 0.6 is 11.6 Å². The number of nitrogens with one attached hydrogen (secondary N) is 2. The molecule has 7 heteroatoms. The van der Waals surface area contributed by atoms with Gasteiger partial charge in [-0.25, -0.2) is 13.8 Å². The fraction of sp³-hybridized carbons (Fsp3) is 0.143. The zero-order valence-electron chi connectivity index (χ0n) is 11.1. The van der Waals surface area contributed by atoms with Gasteiger partial charge >= 0.3 is 0 Å². The number of carbonyl (C=O) groups excluding carboxylic acids is 1. The first kappa shape index (κ1) is 15.2. The lowest BCUT2D eigenvalue weighted by atomic mass is 10.2. The van der Waals surface area contributed by atoms with Crippen molar-refractivity contribution in [3.8, 4) is 0 Å². The molecule has 2 aromatic rings. The third-order valence-corrected chi connectivity index (χ3v) is 2.96. The highest BCUT2D eigenvalue weighted by Gasteiger charge is 2.10. The molecule has 1 aromatic heterocycles. The van der Waals surface area contributed by atoms with Crippen molar-refractivity contribution >= 4 is 23.3 Å². The molecule has 0 unspecified atom stereocenters. The molecule has 1 heterocycles. The van der Waals surface area contributed by atoms with E-state index in [1.165, 1.54) is 18.2 Å². The number of pyridine rings is 1. The molecular formula is C14H12ClF2N3O. The van der Waals surface area contributed by atoms with Crippen LogP contribution in [0.1, 0.15) is 15.9 Å². The van der Waals surface area contributed by atoms with Gasteiger partial charge in [-0.15, -0.1) is 0 Å². The van der Waals surface area contributed by atoms with Gasteiger partial charge in [-0.1, -0.05) is 17.7 Å². The van der Waals surface area contributed by atoms with Crippen LogP contribution in [0, 0.1) is 11.6 Å². The van der Waals surface area contributed by atoms with E-state index in [9.17, 15) is 13.6 Å². The van der Waals surface area contributed by atoms with Crippen LogP contribution in [0.4, 0.5) is 14.6 Å². The van der Waals surface area contributed by atoms with E-state index in [1.807, 2.05) is 0 Å². The van der Waals surface area contributed by atoms with Gasteiger partial charge in [-0.3, -0.25) is 4.79 Å². The molecule has 0 radical (unpaired) electrons. The summed E-state index contributed by atoms with van der Waals surface area (Å²) in [6, 6.07) is 6.10. The van der Waals surface area contributed by atoms with Gasteiger partial charge in [0.2, 0.25) is 0 Å². The molecule has 1 aromatic carbocycles. The third-order valence-electron chi connectivity index (χ3n) is 2.77. The minimum absolute atomic E-state index is 0.0558. The zero-order valence-corrected chi connectivity index (χ0v) is 11.8. The molecule has 0 spiro atoms. The number of hydrogen-bond acceptors (Lipinski definition) is 3. The maximum Gasteiger partial charge on any atom is 0.251 e. The number of aromatic nitrogens is 1. The molecular weight excluding hydrogens is 300 g/mol. The Balaban J connectivity index is 2.09. The maximum atomic E-state index is 13.5. The Hall–Kier alpha value is -2.21. The van der Waals surface area contributed by atoms with Gasteiger partial charge in [-0.2, -0.15) is 0 Å². The lowest BCUT2D eigenvalue weighted by Crippen LogP contribution is -2.23. The zero-order chi connectivity index (χ0) is 15.4. The lowest BCUT2D eigenvalue weighted by Gasteiger charge is -2.08. The smallest absolute Gasteiger partial charge is 0.251 e. The number of hydrogen-bond donors (Lipinski definition) is 2. The van der Waals surface area contributed by atoms with E-state index >= 15 is 0 Å². The minimum Gasteiger partial charge on any atom is -0.373 e. The number of halogens is 3. The number of anilines is 1. The number of rotatable bonds is 4. The van der Waals surface area contributed by atoms with Crippen molar-refractivity contribution in [1.29, 1.82) is 0 Å². The molecule has 0 atom stereocenters. The molecule has 0 aliphatic heterocycles. The van der Waals surface area contributed by atoms with E-state index in [2.05, 4.69) is 15.6 Å². The van der Waals surface area contributed by atoms with Gasteiger partial charge in [-0.05, 0) is 18.2 Å². The fourth-order valence-corrected chi connectivity index (χ4v) is 1.91. The van der Waals surface area contributed by atoms with Gasteiger partial charge in [0, 0.05) is 30.8 Å². The van der Waals surface area contributed by atoms with E-state index < -0.39 is 17.5 Å². The Kier molecular flexibility index (Phi) is 4.70. The molecule has 0 saturated heterocycles. The summed E-state index contributed by atoms with van der Waals surface area (Å²) in [5.41, 5.74) is 0.487. The van der Waals surface area contributed by atoms with Crippen molar-refractivity contribution in [3.63, 3.8) is 0 Å². The van der Waals surface area contributed by atoms with Crippen LogP contribution in [0.15, 0.2) is 30.3 Å². The summed E-state index contributed by atoms with van der Waals surface area (Å²) in [7, 11) is 1.65. The summed E-state index contributed by atoms with van der Waals surface area (Å²) < 4.78 is 26.2. The van der Waals surface area contributed by atoms with Crippen LogP contribution in [0.25, 0.3) is 0 Å². The monoisotopic (exact) mass is 311 g/mol. The molecule has 110 valence electrons. The Bertz CT molecular complexity index is 679. The molecule has 21 heavy (non-hydrogen) atoms.